The second-order valence-corrected chi connectivity index (χ2v) is 6.21. The number of rotatable bonds is 4. The summed E-state index contributed by atoms with van der Waals surface area (Å²) in [5.41, 5.74) is 3.83. The fourth-order valence-electron chi connectivity index (χ4n) is 3.19. The SMILES string of the molecule is COC1(OC)CC=C(c2ccc3c(cnn3C(C)C)c2)CC1. The van der Waals surface area contributed by atoms with Crippen LogP contribution in [0.3, 0.4) is 0 Å². The molecule has 118 valence electrons. The Bertz CT molecular complexity index is 696. The summed E-state index contributed by atoms with van der Waals surface area (Å²) in [7, 11) is 3.43. The van der Waals surface area contributed by atoms with Crippen LogP contribution >= 0.6 is 0 Å². The van der Waals surface area contributed by atoms with E-state index in [1.807, 2.05) is 6.20 Å². The lowest BCUT2D eigenvalue weighted by Gasteiger charge is -2.33. The van der Waals surface area contributed by atoms with E-state index < -0.39 is 5.79 Å². The molecule has 3 rings (SSSR count). The van der Waals surface area contributed by atoms with Crippen molar-refractivity contribution in [2.24, 2.45) is 0 Å². The molecule has 4 nitrogen and oxygen atoms in total. The Kier molecular flexibility index (Phi) is 4.06. The molecule has 22 heavy (non-hydrogen) atoms. The van der Waals surface area contributed by atoms with Crippen molar-refractivity contribution >= 4 is 16.5 Å². The maximum Gasteiger partial charge on any atom is 0.171 e. The zero-order chi connectivity index (χ0) is 15.7. The molecule has 0 saturated carbocycles. The number of allylic oxidation sites excluding steroid dienone is 1. The van der Waals surface area contributed by atoms with Gasteiger partial charge in [-0.25, -0.2) is 0 Å². The van der Waals surface area contributed by atoms with E-state index in [9.17, 15) is 0 Å². The molecule has 0 fully saturated rings. The van der Waals surface area contributed by atoms with Crippen LogP contribution in [0.2, 0.25) is 0 Å². The molecule has 0 saturated heterocycles. The summed E-state index contributed by atoms with van der Waals surface area (Å²) in [5.74, 6) is -0.448. The van der Waals surface area contributed by atoms with Gasteiger partial charge in [-0.15, -0.1) is 0 Å². The Labute approximate surface area is 131 Å². The maximum atomic E-state index is 5.53. The summed E-state index contributed by atoms with van der Waals surface area (Å²) in [6.07, 6.45) is 6.83. The summed E-state index contributed by atoms with van der Waals surface area (Å²) in [5, 5.41) is 5.68. The monoisotopic (exact) mass is 300 g/mol. The van der Waals surface area contributed by atoms with Crippen molar-refractivity contribution in [1.29, 1.82) is 0 Å². The van der Waals surface area contributed by atoms with Gasteiger partial charge < -0.3 is 9.47 Å². The Balaban J connectivity index is 1.90. The third-order valence-electron chi connectivity index (χ3n) is 4.63. The normalized spacial score (nSPS) is 18.0. The molecule has 0 bridgehead atoms. The zero-order valence-corrected chi connectivity index (χ0v) is 13.8. The minimum Gasteiger partial charge on any atom is -0.353 e. The Morgan fingerprint density at radius 3 is 2.59 bits per heavy atom. The number of ether oxygens (including phenoxy) is 2. The van der Waals surface area contributed by atoms with Crippen LogP contribution in [0.15, 0.2) is 30.5 Å². The van der Waals surface area contributed by atoms with Crippen LogP contribution in [0.1, 0.15) is 44.7 Å². The quantitative estimate of drug-likeness (QED) is 0.795. The van der Waals surface area contributed by atoms with Crippen molar-refractivity contribution in [2.75, 3.05) is 14.2 Å². The number of fused-ring (bicyclic) bond motifs is 1. The van der Waals surface area contributed by atoms with Gasteiger partial charge in [0, 0.05) is 38.5 Å². The van der Waals surface area contributed by atoms with Gasteiger partial charge in [-0.2, -0.15) is 5.10 Å². The fraction of sp³-hybridized carbons (Fsp3) is 0.500. The first kappa shape index (κ1) is 15.3. The summed E-state index contributed by atoms with van der Waals surface area (Å²) >= 11 is 0. The van der Waals surface area contributed by atoms with Gasteiger partial charge in [0.05, 0.1) is 11.7 Å². The predicted octanol–water partition coefficient (Wildman–Crippen LogP) is 4.17. The molecular weight excluding hydrogens is 276 g/mol. The lowest BCUT2D eigenvalue weighted by molar-refractivity contribution is -0.208. The predicted molar refractivity (Wildman–Crippen MR) is 88.7 cm³/mol. The summed E-state index contributed by atoms with van der Waals surface area (Å²) in [6, 6.07) is 6.98. The molecule has 1 aromatic carbocycles. The molecular formula is C18H24N2O2. The van der Waals surface area contributed by atoms with E-state index in [0.717, 1.165) is 19.3 Å². The van der Waals surface area contributed by atoms with Gasteiger partial charge in [-0.1, -0.05) is 12.1 Å². The minimum atomic E-state index is -0.448. The van der Waals surface area contributed by atoms with E-state index in [4.69, 9.17) is 9.47 Å². The van der Waals surface area contributed by atoms with Gasteiger partial charge in [0.15, 0.2) is 5.79 Å². The molecule has 0 unspecified atom stereocenters. The largest absolute Gasteiger partial charge is 0.353 e. The van der Waals surface area contributed by atoms with Crippen molar-refractivity contribution in [2.45, 2.75) is 44.9 Å². The van der Waals surface area contributed by atoms with Crippen molar-refractivity contribution in [3.8, 4) is 0 Å². The van der Waals surface area contributed by atoms with Crippen molar-refractivity contribution < 1.29 is 9.47 Å². The summed E-state index contributed by atoms with van der Waals surface area (Å²) < 4.78 is 13.1. The van der Waals surface area contributed by atoms with E-state index in [2.05, 4.69) is 47.9 Å². The zero-order valence-electron chi connectivity index (χ0n) is 13.8. The number of hydrogen-bond donors (Lipinski definition) is 0. The molecule has 0 spiro atoms. The second-order valence-electron chi connectivity index (χ2n) is 6.21. The average molecular weight is 300 g/mol. The molecule has 1 aromatic heterocycles. The number of hydrogen-bond acceptors (Lipinski definition) is 3. The summed E-state index contributed by atoms with van der Waals surface area (Å²) in [4.78, 5) is 0. The first-order valence-corrected chi connectivity index (χ1v) is 7.85. The van der Waals surface area contributed by atoms with Crippen LogP contribution in [-0.4, -0.2) is 29.8 Å². The van der Waals surface area contributed by atoms with Crippen LogP contribution in [0, 0.1) is 0 Å². The van der Waals surface area contributed by atoms with Crippen LogP contribution < -0.4 is 0 Å². The number of benzene rings is 1. The Morgan fingerprint density at radius 2 is 2.00 bits per heavy atom. The molecule has 2 aromatic rings. The van der Waals surface area contributed by atoms with Gasteiger partial charge >= 0.3 is 0 Å². The number of methoxy groups -OCH3 is 2. The maximum absolute atomic E-state index is 5.53. The first-order valence-electron chi connectivity index (χ1n) is 7.85. The molecule has 0 aliphatic heterocycles. The van der Waals surface area contributed by atoms with E-state index in [1.54, 1.807) is 14.2 Å². The third kappa shape index (κ3) is 2.57. The molecule has 1 aliphatic carbocycles. The fourth-order valence-corrected chi connectivity index (χ4v) is 3.19. The van der Waals surface area contributed by atoms with E-state index in [1.165, 1.54) is 22.0 Å². The molecule has 0 radical (unpaired) electrons. The Hall–Kier alpha value is -1.65. The number of nitrogens with zero attached hydrogens (tertiary/aromatic N) is 2. The van der Waals surface area contributed by atoms with E-state index >= 15 is 0 Å². The van der Waals surface area contributed by atoms with E-state index in [-0.39, 0.29) is 0 Å². The highest BCUT2D eigenvalue weighted by Gasteiger charge is 2.31. The van der Waals surface area contributed by atoms with Crippen molar-refractivity contribution in [3.05, 3.63) is 36.0 Å². The molecule has 0 atom stereocenters. The van der Waals surface area contributed by atoms with E-state index in [0.29, 0.717) is 6.04 Å². The van der Waals surface area contributed by atoms with Crippen LogP contribution in [0.5, 0.6) is 0 Å². The van der Waals surface area contributed by atoms with Crippen molar-refractivity contribution in [3.63, 3.8) is 0 Å². The van der Waals surface area contributed by atoms with Crippen molar-refractivity contribution in [1.82, 2.24) is 9.78 Å². The Morgan fingerprint density at radius 1 is 1.23 bits per heavy atom. The summed E-state index contributed by atoms with van der Waals surface area (Å²) in [6.45, 7) is 4.30. The average Bonchev–Trinajstić information content (AvgIpc) is 2.98. The van der Waals surface area contributed by atoms with Gasteiger partial charge in [-0.3, -0.25) is 4.68 Å². The highest BCUT2D eigenvalue weighted by molar-refractivity contribution is 5.83. The smallest absolute Gasteiger partial charge is 0.171 e. The molecule has 0 amide bonds. The van der Waals surface area contributed by atoms with Gasteiger partial charge in [0.1, 0.15) is 0 Å². The highest BCUT2D eigenvalue weighted by Crippen LogP contribution is 2.36. The molecule has 0 N–H and O–H groups in total. The highest BCUT2D eigenvalue weighted by atomic mass is 16.7. The van der Waals surface area contributed by atoms with Gasteiger partial charge in [0.2, 0.25) is 0 Å². The lowest BCUT2D eigenvalue weighted by atomic mass is 9.89. The molecule has 1 heterocycles. The topological polar surface area (TPSA) is 36.3 Å². The standard InChI is InChI=1S/C18H24N2O2/c1-13(2)20-17-6-5-15(11-16(17)12-19-20)14-7-9-18(21-3,22-4)10-8-14/h5-7,11-13H,8-10H2,1-4H3. The number of aromatic nitrogens is 2. The first-order chi connectivity index (χ1) is 10.6. The van der Waals surface area contributed by atoms with Crippen LogP contribution in [0.4, 0.5) is 0 Å². The molecule has 1 aliphatic rings. The van der Waals surface area contributed by atoms with Gasteiger partial charge in [0.25, 0.3) is 0 Å². The van der Waals surface area contributed by atoms with Crippen LogP contribution in [0.25, 0.3) is 16.5 Å². The minimum absolute atomic E-state index is 0.376. The van der Waals surface area contributed by atoms with Gasteiger partial charge in [-0.05, 0) is 43.5 Å². The third-order valence-corrected chi connectivity index (χ3v) is 4.63. The lowest BCUT2D eigenvalue weighted by Crippen LogP contribution is -2.34. The molecule has 4 heteroatoms. The van der Waals surface area contributed by atoms with Crippen LogP contribution in [-0.2, 0) is 9.47 Å². The second kappa shape index (κ2) is 5.86.